The van der Waals surface area contributed by atoms with Crippen LogP contribution in [0.3, 0.4) is 0 Å². The minimum absolute atomic E-state index is 0.0776. The van der Waals surface area contributed by atoms with Crippen molar-refractivity contribution in [3.8, 4) is 5.75 Å². The van der Waals surface area contributed by atoms with Crippen molar-refractivity contribution in [1.82, 2.24) is 10.6 Å². The minimum atomic E-state index is -0.504. The van der Waals surface area contributed by atoms with Crippen molar-refractivity contribution in [2.75, 3.05) is 13.1 Å². The van der Waals surface area contributed by atoms with Crippen LogP contribution in [0.15, 0.2) is 22.7 Å². The molecule has 0 spiro atoms. The maximum absolute atomic E-state index is 12.0. The van der Waals surface area contributed by atoms with Gasteiger partial charge in [-0.25, -0.2) is 0 Å². The summed E-state index contributed by atoms with van der Waals surface area (Å²) in [5, 5.41) is 6.29. The molecule has 2 unspecified atom stereocenters. The SMILES string of the molecule is Cc1ccc(OC(C)C(=O)NCC2CCCN2)c(Br)c1. The number of amides is 1. The number of rotatable bonds is 5. The van der Waals surface area contributed by atoms with Crippen molar-refractivity contribution in [2.45, 2.75) is 38.8 Å². The fraction of sp³-hybridized carbons (Fsp3) is 0.533. The van der Waals surface area contributed by atoms with Crippen molar-refractivity contribution in [3.63, 3.8) is 0 Å². The number of aryl methyl sites for hydroxylation is 1. The topological polar surface area (TPSA) is 50.4 Å². The highest BCUT2D eigenvalue weighted by Gasteiger charge is 2.19. The van der Waals surface area contributed by atoms with Gasteiger partial charge in [-0.15, -0.1) is 0 Å². The number of hydrogen-bond acceptors (Lipinski definition) is 3. The Morgan fingerprint density at radius 1 is 1.60 bits per heavy atom. The van der Waals surface area contributed by atoms with Crippen molar-refractivity contribution in [2.24, 2.45) is 0 Å². The molecule has 1 aliphatic heterocycles. The molecule has 1 aromatic carbocycles. The van der Waals surface area contributed by atoms with Gasteiger partial charge in [-0.3, -0.25) is 4.79 Å². The second-order valence-electron chi connectivity index (χ2n) is 5.23. The average Bonchev–Trinajstić information content (AvgIpc) is 2.92. The summed E-state index contributed by atoms with van der Waals surface area (Å²) in [5.74, 6) is 0.614. The highest BCUT2D eigenvalue weighted by molar-refractivity contribution is 9.10. The third kappa shape index (κ3) is 4.21. The molecule has 110 valence electrons. The Labute approximate surface area is 128 Å². The van der Waals surface area contributed by atoms with Gasteiger partial charge in [-0.1, -0.05) is 6.07 Å². The number of halogens is 1. The summed E-state index contributed by atoms with van der Waals surface area (Å²) in [6, 6.07) is 6.22. The van der Waals surface area contributed by atoms with E-state index in [0.717, 1.165) is 23.0 Å². The van der Waals surface area contributed by atoms with E-state index >= 15 is 0 Å². The molecule has 0 aliphatic carbocycles. The minimum Gasteiger partial charge on any atom is -0.480 e. The monoisotopic (exact) mass is 340 g/mol. The van der Waals surface area contributed by atoms with E-state index in [0.29, 0.717) is 18.3 Å². The highest BCUT2D eigenvalue weighted by Crippen LogP contribution is 2.26. The third-order valence-electron chi connectivity index (χ3n) is 3.45. The molecule has 5 heteroatoms. The average molecular weight is 341 g/mol. The first-order valence-electron chi connectivity index (χ1n) is 7.00. The Kier molecular flexibility index (Phi) is 5.43. The van der Waals surface area contributed by atoms with Crippen LogP contribution >= 0.6 is 15.9 Å². The molecule has 1 fully saturated rings. The van der Waals surface area contributed by atoms with Crippen molar-refractivity contribution >= 4 is 21.8 Å². The summed E-state index contributed by atoms with van der Waals surface area (Å²) in [6.45, 7) is 5.49. The van der Waals surface area contributed by atoms with Gasteiger partial charge in [0.05, 0.1) is 4.47 Å². The van der Waals surface area contributed by atoms with E-state index < -0.39 is 6.10 Å². The van der Waals surface area contributed by atoms with Crippen molar-refractivity contribution < 1.29 is 9.53 Å². The van der Waals surface area contributed by atoms with Crippen LogP contribution < -0.4 is 15.4 Å². The van der Waals surface area contributed by atoms with Gasteiger partial charge in [0.2, 0.25) is 0 Å². The first-order chi connectivity index (χ1) is 9.56. The second kappa shape index (κ2) is 7.09. The lowest BCUT2D eigenvalue weighted by molar-refractivity contribution is -0.127. The normalized spacial score (nSPS) is 19.6. The second-order valence-corrected chi connectivity index (χ2v) is 6.09. The summed E-state index contributed by atoms with van der Waals surface area (Å²) < 4.78 is 6.57. The van der Waals surface area contributed by atoms with E-state index in [4.69, 9.17) is 4.74 Å². The molecule has 0 radical (unpaired) electrons. The smallest absolute Gasteiger partial charge is 0.260 e. The first kappa shape index (κ1) is 15.3. The molecule has 0 bridgehead atoms. The molecule has 4 nitrogen and oxygen atoms in total. The van der Waals surface area contributed by atoms with Gasteiger partial charge in [-0.2, -0.15) is 0 Å². The molecule has 1 heterocycles. The van der Waals surface area contributed by atoms with Crippen LogP contribution in [0.5, 0.6) is 5.75 Å². The summed E-state index contributed by atoms with van der Waals surface area (Å²) in [6.07, 6.45) is 1.80. The van der Waals surface area contributed by atoms with Gasteiger partial charge in [-0.05, 0) is 66.9 Å². The van der Waals surface area contributed by atoms with Gasteiger partial charge in [0, 0.05) is 12.6 Å². The van der Waals surface area contributed by atoms with E-state index in [9.17, 15) is 4.79 Å². The Hall–Kier alpha value is -1.07. The van der Waals surface area contributed by atoms with Gasteiger partial charge in [0.25, 0.3) is 5.91 Å². The summed E-state index contributed by atoms with van der Waals surface area (Å²) in [4.78, 5) is 12.0. The molecule has 2 rings (SSSR count). The van der Waals surface area contributed by atoms with Gasteiger partial charge >= 0.3 is 0 Å². The number of ether oxygens (including phenoxy) is 1. The molecule has 1 amide bonds. The quantitative estimate of drug-likeness (QED) is 0.865. The maximum atomic E-state index is 12.0. The van der Waals surface area contributed by atoms with Gasteiger partial charge in [0.1, 0.15) is 5.75 Å². The zero-order valence-corrected chi connectivity index (χ0v) is 13.5. The fourth-order valence-electron chi connectivity index (χ4n) is 2.24. The molecular weight excluding hydrogens is 320 g/mol. The van der Waals surface area contributed by atoms with E-state index in [-0.39, 0.29) is 5.91 Å². The summed E-state index contributed by atoms with van der Waals surface area (Å²) in [5.41, 5.74) is 1.15. The number of benzene rings is 1. The zero-order valence-electron chi connectivity index (χ0n) is 11.9. The van der Waals surface area contributed by atoms with Crippen LogP contribution in [0, 0.1) is 6.92 Å². The Bertz CT molecular complexity index is 473. The van der Waals surface area contributed by atoms with Crippen LogP contribution in [0.2, 0.25) is 0 Å². The predicted molar refractivity (Wildman–Crippen MR) is 83.0 cm³/mol. The Balaban J connectivity index is 1.83. The molecule has 2 atom stereocenters. The fourth-order valence-corrected chi connectivity index (χ4v) is 2.83. The molecule has 2 N–H and O–H groups in total. The number of hydrogen-bond donors (Lipinski definition) is 2. The molecule has 0 aromatic heterocycles. The molecule has 20 heavy (non-hydrogen) atoms. The van der Waals surface area contributed by atoms with Crippen LogP contribution in [-0.2, 0) is 4.79 Å². The predicted octanol–water partition coefficient (Wildman–Crippen LogP) is 2.39. The summed E-state index contributed by atoms with van der Waals surface area (Å²) >= 11 is 3.45. The Morgan fingerprint density at radius 2 is 2.40 bits per heavy atom. The number of carbonyl (C=O) groups is 1. The molecule has 1 aliphatic rings. The number of nitrogens with one attached hydrogen (secondary N) is 2. The third-order valence-corrected chi connectivity index (χ3v) is 4.07. The largest absolute Gasteiger partial charge is 0.480 e. The van der Waals surface area contributed by atoms with E-state index in [2.05, 4.69) is 26.6 Å². The van der Waals surface area contributed by atoms with Gasteiger partial charge < -0.3 is 15.4 Å². The lowest BCUT2D eigenvalue weighted by Gasteiger charge is -2.17. The number of carbonyl (C=O) groups excluding carboxylic acids is 1. The van der Waals surface area contributed by atoms with Crippen molar-refractivity contribution in [3.05, 3.63) is 28.2 Å². The molecule has 1 aromatic rings. The van der Waals surface area contributed by atoms with E-state index in [1.807, 2.05) is 25.1 Å². The lowest BCUT2D eigenvalue weighted by atomic mass is 10.2. The summed E-state index contributed by atoms with van der Waals surface area (Å²) in [7, 11) is 0. The van der Waals surface area contributed by atoms with Crippen LogP contribution in [0.1, 0.15) is 25.3 Å². The van der Waals surface area contributed by atoms with Gasteiger partial charge in [0.15, 0.2) is 6.10 Å². The van der Waals surface area contributed by atoms with E-state index in [1.54, 1.807) is 6.92 Å². The zero-order chi connectivity index (χ0) is 14.5. The van der Waals surface area contributed by atoms with Crippen molar-refractivity contribution in [1.29, 1.82) is 0 Å². The first-order valence-corrected chi connectivity index (χ1v) is 7.79. The van der Waals surface area contributed by atoms with Crippen LogP contribution in [0.4, 0.5) is 0 Å². The maximum Gasteiger partial charge on any atom is 0.260 e. The molecule has 1 saturated heterocycles. The molecular formula is C15H21BrN2O2. The van der Waals surface area contributed by atoms with Crippen LogP contribution in [0.25, 0.3) is 0 Å². The van der Waals surface area contributed by atoms with Crippen LogP contribution in [-0.4, -0.2) is 31.1 Å². The standard InChI is InChI=1S/C15H21BrN2O2/c1-10-5-6-14(13(16)8-10)20-11(2)15(19)18-9-12-4-3-7-17-12/h5-6,8,11-12,17H,3-4,7,9H2,1-2H3,(H,18,19). The lowest BCUT2D eigenvalue weighted by Crippen LogP contribution is -2.42. The molecule has 0 saturated carbocycles. The highest BCUT2D eigenvalue weighted by atomic mass is 79.9. The Morgan fingerprint density at radius 3 is 3.05 bits per heavy atom. The van der Waals surface area contributed by atoms with E-state index in [1.165, 1.54) is 6.42 Å².